The lowest BCUT2D eigenvalue weighted by molar-refractivity contribution is 0.230. The van der Waals surface area contributed by atoms with E-state index in [1.807, 2.05) is 33.0 Å². The highest BCUT2D eigenvalue weighted by molar-refractivity contribution is 6.34. The van der Waals surface area contributed by atoms with Crippen LogP contribution in [0.15, 0.2) is 49.1 Å². The summed E-state index contributed by atoms with van der Waals surface area (Å²) in [6.07, 6.45) is 6.57. The number of rotatable bonds is 4. The second-order valence-electron chi connectivity index (χ2n) is 8.55. The molecule has 5 heterocycles. The van der Waals surface area contributed by atoms with E-state index in [2.05, 4.69) is 27.0 Å². The Bertz CT molecular complexity index is 1560. The Labute approximate surface area is 213 Å². The molecule has 6 rings (SSSR count). The molecule has 0 radical (unpaired) electrons. The molecule has 1 N–H and O–H groups in total. The maximum atomic E-state index is 13.7. The molecule has 1 aromatic carbocycles. The van der Waals surface area contributed by atoms with Gasteiger partial charge in [-0.1, -0.05) is 31.5 Å². The molecule has 1 aliphatic heterocycles. The monoisotopic (exact) mass is 506 g/mol. The minimum atomic E-state index is -0.368. The van der Waals surface area contributed by atoms with E-state index < -0.39 is 0 Å². The van der Waals surface area contributed by atoms with Gasteiger partial charge in [0.15, 0.2) is 0 Å². The van der Waals surface area contributed by atoms with Gasteiger partial charge in [-0.05, 0) is 43.0 Å². The smallest absolute Gasteiger partial charge is 0.148 e. The van der Waals surface area contributed by atoms with Gasteiger partial charge in [-0.2, -0.15) is 10.2 Å². The van der Waals surface area contributed by atoms with Gasteiger partial charge >= 0.3 is 0 Å². The van der Waals surface area contributed by atoms with E-state index in [4.69, 9.17) is 21.4 Å². The van der Waals surface area contributed by atoms with Crippen LogP contribution in [0.5, 0.6) is 5.75 Å². The number of benzene rings is 1. The number of nitrogens with one attached hydrogen (secondary N) is 1. The molecule has 0 spiro atoms. The molecule has 5 aromatic rings. The number of nitrogens with zero attached hydrogens (tertiary/aromatic N) is 5. The van der Waals surface area contributed by atoms with Crippen molar-refractivity contribution < 1.29 is 9.13 Å². The predicted molar refractivity (Wildman–Crippen MR) is 140 cm³/mol. The highest BCUT2D eigenvalue weighted by Gasteiger charge is 2.22. The van der Waals surface area contributed by atoms with Gasteiger partial charge < -0.3 is 10.1 Å². The Morgan fingerprint density at radius 2 is 2.00 bits per heavy atom. The molecule has 1 aliphatic rings. The van der Waals surface area contributed by atoms with Crippen LogP contribution in [-0.2, 0) is 13.1 Å². The number of pyridine rings is 2. The van der Waals surface area contributed by atoms with Crippen molar-refractivity contribution in [2.24, 2.45) is 0 Å². The summed E-state index contributed by atoms with van der Waals surface area (Å²) in [7, 11) is 0. The van der Waals surface area contributed by atoms with E-state index in [9.17, 15) is 4.39 Å². The fourth-order valence-electron chi connectivity index (χ4n) is 4.68. The third-order valence-corrected chi connectivity index (χ3v) is 6.69. The van der Waals surface area contributed by atoms with Crippen LogP contribution in [0.3, 0.4) is 0 Å². The van der Waals surface area contributed by atoms with Gasteiger partial charge in [0, 0.05) is 48.2 Å². The average Bonchev–Trinajstić information content (AvgIpc) is 3.44. The lowest BCUT2D eigenvalue weighted by Gasteiger charge is -2.18. The number of ether oxygens (including phenoxy) is 1. The standard InChI is InChI=1S/C25H22ClFN6O.C2H6/c1-14-22-12-28-5-6-32(22)31-24(14)17-8-23(25-21(26)11-30-33(25)13-17)34-15(2)20-10-29-9-16-7-18(27)3-4-19(16)20;1-2/h3-4,7-11,13,15,28H,5-6,12H2,1-2H3;1-2H3. The molecule has 0 amide bonds. The minimum absolute atomic E-state index is 0.297. The summed E-state index contributed by atoms with van der Waals surface area (Å²) in [5.74, 6) is 0.295. The first-order valence-electron chi connectivity index (χ1n) is 12.1. The average molecular weight is 507 g/mol. The van der Waals surface area contributed by atoms with Crippen molar-refractivity contribution in [3.63, 3.8) is 0 Å². The van der Waals surface area contributed by atoms with Crippen molar-refractivity contribution in [3.05, 3.63) is 76.7 Å². The van der Waals surface area contributed by atoms with Crippen molar-refractivity contribution in [3.8, 4) is 17.0 Å². The molecule has 9 heteroatoms. The first-order chi connectivity index (χ1) is 17.5. The topological polar surface area (TPSA) is 69.3 Å². The summed E-state index contributed by atoms with van der Waals surface area (Å²) in [6.45, 7) is 10.6. The van der Waals surface area contributed by atoms with E-state index in [0.717, 1.165) is 52.8 Å². The molecule has 0 bridgehead atoms. The van der Waals surface area contributed by atoms with Gasteiger partial charge in [0.25, 0.3) is 0 Å². The maximum Gasteiger partial charge on any atom is 0.148 e. The zero-order valence-corrected chi connectivity index (χ0v) is 21.5. The molecule has 0 saturated carbocycles. The van der Waals surface area contributed by atoms with Crippen molar-refractivity contribution in [2.75, 3.05) is 6.54 Å². The quantitative estimate of drug-likeness (QED) is 0.318. The molecular formula is C27H28ClFN6O. The van der Waals surface area contributed by atoms with Gasteiger partial charge in [0.05, 0.1) is 29.2 Å². The number of fused-ring (bicyclic) bond motifs is 3. The predicted octanol–water partition coefficient (Wildman–Crippen LogP) is 6.12. The van der Waals surface area contributed by atoms with Crippen molar-refractivity contribution in [2.45, 2.75) is 46.9 Å². The van der Waals surface area contributed by atoms with E-state index in [0.29, 0.717) is 16.3 Å². The second kappa shape index (κ2) is 9.87. The Kier molecular flexibility index (Phi) is 6.64. The summed E-state index contributed by atoms with van der Waals surface area (Å²) in [5, 5.41) is 14.8. The van der Waals surface area contributed by atoms with Crippen LogP contribution in [0.1, 0.15) is 43.7 Å². The lowest BCUT2D eigenvalue weighted by Crippen LogP contribution is -2.28. The summed E-state index contributed by atoms with van der Waals surface area (Å²) in [5.41, 5.74) is 5.64. The van der Waals surface area contributed by atoms with Crippen LogP contribution >= 0.6 is 11.6 Å². The Morgan fingerprint density at radius 3 is 2.81 bits per heavy atom. The van der Waals surface area contributed by atoms with Gasteiger partial charge in [0.1, 0.15) is 23.2 Å². The molecule has 36 heavy (non-hydrogen) atoms. The molecule has 4 aromatic heterocycles. The highest BCUT2D eigenvalue weighted by Crippen LogP contribution is 2.37. The number of hydrogen-bond acceptors (Lipinski definition) is 5. The molecule has 0 aliphatic carbocycles. The summed E-state index contributed by atoms with van der Waals surface area (Å²) >= 11 is 6.49. The number of hydrogen-bond donors (Lipinski definition) is 1. The van der Waals surface area contributed by atoms with E-state index in [1.54, 1.807) is 29.2 Å². The second-order valence-corrected chi connectivity index (χ2v) is 8.96. The molecule has 1 atom stereocenters. The molecule has 0 fully saturated rings. The van der Waals surface area contributed by atoms with Crippen LogP contribution < -0.4 is 10.1 Å². The largest absolute Gasteiger partial charge is 0.484 e. The molecular weight excluding hydrogens is 479 g/mol. The first kappa shape index (κ1) is 24.2. The number of aromatic nitrogens is 5. The maximum absolute atomic E-state index is 13.7. The molecule has 1 unspecified atom stereocenters. The van der Waals surface area contributed by atoms with Crippen LogP contribution in [0, 0.1) is 12.7 Å². The third kappa shape index (κ3) is 4.20. The lowest BCUT2D eigenvalue weighted by atomic mass is 10.0. The third-order valence-electron chi connectivity index (χ3n) is 6.41. The van der Waals surface area contributed by atoms with E-state index in [1.165, 1.54) is 17.8 Å². The highest BCUT2D eigenvalue weighted by atomic mass is 35.5. The van der Waals surface area contributed by atoms with Crippen molar-refractivity contribution in [1.82, 2.24) is 29.7 Å². The zero-order valence-electron chi connectivity index (χ0n) is 20.7. The van der Waals surface area contributed by atoms with Gasteiger partial charge in [-0.15, -0.1) is 0 Å². The Hall–Kier alpha value is -3.49. The molecule has 186 valence electrons. The zero-order chi connectivity index (χ0) is 25.4. The van der Waals surface area contributed by atoms with Gasteiger partial charge in [-0.3, -0.25) is 9.67 Å². The summed E-state index contributed by atoms with van der Waals surface area (Å²) in [6, 6.07) is 6.64. The SMILES string of the molecule is CC.Cc1c(-c2cc(OC(C)c3cncc4cc(F)ccc34)c3c(Cl)cnn3c2)nn2c1CNCC2. The van der Waals surface area contributed by atoms with Crippen molar-refractivity contribution >= 4 is 27.9 Å². The minimum Gasteiger partial charge on any atom is -0.484 e. The first-order valence-corrected chi connectivity index (χ1v) is 12.5. The summed E-state index contributed by atoms with van der Waals surface area (Å²) in [4.78, 5) is 4.29. The van der Waals surface area contributed by atoms with Crippen LogP contribution in [0.25, 0.3) is 27.5 Å². The van der Waals surface area contributed by atoms with Gasteiger partial charge in [-0.25, -0.2) is 8.91 Å². The van der Waals surface area contributed by atoms with Gasteiger partial charge in [0.2, 0.25) is 0 Å². The fraction of sp³-hybridized carbons (Fsp3) is 0.296. The van der Waals surface area contributed by atoms with Crippen molar-refractivity contribution in [1.29, 1.82) is 0 Å². The van der Waals surface area contributed by atoms with E-state index in [-0.39, 0.29) is 11.9 Å². The number of halogens is 2. The Morgan fingerprint density at radius 1 is 1.17 bits per heavy atom. The van der Waals surface area contributed by atoms with E-state index >= 15 is 0 Å². The summed E-state index contributed by atoms with van der Waals surface area (Å²) < 4.78 is 24.0. The molecule has 7 nitrogen and oxygen atoms in total. The Balaban J connectivity index is 0.00000130. The fourth-order valence-corrected chi connectivity index (χ4v) is 4.90. The van der Waals surface area contributed by atoms with Crippen LogP contribution in [0.2, 0.25) is 5.02 Å². The van der Waals surface area contributed by atoms with Crippen LogP contribution in [-0.4, -0.2) is 30.9 Å². The molecule has 0 saturated heterocycles. The van der Waals surface area contributed by atoms with Crippen LogP contribution in [0.4, 0.5) is 4.39 Å². The normalized spacial score (nSPS) is 13.8.